The molecule has 0 amide bonds. The smallest absolute Gasteiger partial charge is 0.0355 e. The Morgan fingerprint density at radius 1 is 0.667 bits per heavy atom. The standard InChI is InChI=1S/C33H24S3/c1-5-21-24-16-20(12-14-28(24)34-27(21)6-2)19-11-13-25-22(15-19)23-17-31-32(18-26(23)33(25,3)4)36-30-10-8-7-9-29(30)35-31/h5-18H,1-2H2,3-4H3. The third kappa shape index (κ3) is 3.16. The topological polar surface area (TPSA) is 0 Å². The lowest BCUT2D eigenvalue weighted by Gasteiger charge is -2.24. The van der Waals surface area contributed by atoms with Crippen molar-refractivity contribution < 1.29 is 0 Å². The minimum Gasteiger partial charge on any atom is -0.135 e. The normalized spacial score (nSPS) is 14.6. The monoisotopic (exact) mass is 516 g/mol. The Bertz CT molecular complexity index is 1750. The molecule has 0 bridgehead atoms. The van der Waals surface area contributed by atoms with Crippen molar-refractivity contribution >= 4 is 57.1 Å². The Labute approximate surface area is 224 Å². The molecule has 4 aromatic carbocycles. The van der Waals surface area contributed by atoms with E-state index >= 15 is 0 Å². The molecular formula is C33H24S3. The van der Waals surface area contributed by atoms with E-state index in [9.17, 15) is 0 Å². The molecule has 0 nitrogen and oxygen atoms in total. The van der Waals surface area contributed by atoms with Crippen molar-refractivity contribution in [3.8, 4) is 22.3 Å². The number of benzene rings is 4. The van der Waals surface area contributed by atoms with Crippen LogP contribution in [0.15, 0.2) is 106 Å². The number of hydrogen-bond acceptors (Lipinski definition) is 3. The average molecular weight is 517 g/mol. The first-order valence-electron chi connectivity index (χ1n) is 12.1. The highest BCUT2D eigenvalue weighted by molar-refractivity contribution is 8.05. The van der Waals surface area contributed by atoms with Gasteiger partial charge in [0.25, 0.3) is 0 Å². The van der Waals surface area contributed by atoms with Gasteiger partial charge in [-0.25, -0.2) is 0 Å². The van der Waals surface area contributed by atoms with E-state index in [1.807, 2.05) is 35.7 Å². The maximum atomic E-state index is 4.06. The Morgan fingerprint density at radius 3 is 2.06 bits per heavy atom. The van der Waals surface area contributed by atoms with Gasteiger partial charge in [0, 0.05) is 40.0 Å². The van der Waals surface area contributed by atoms with E-state index in [0.29, 0.717) is 0 Å². The lowest BCUT2D eigenvalue weighted by molar-refractivity contribution is 0.657. The summed E-state index contributed by atoms with van der Waals surface area (Å²) in [6.07, 6.45) is 3.89. The van der Waals surface area contributed by atoms with Crippen molar-refractivity contribution in [1.29, 1.82) is 0 Å². The van der Waals surface area contributed by atoms with Crippen LogP contribution in [0.25, 0.3) is 44.5 Å². The fraction of sp³-hybridized carbons (Fsp3) is 0.0909. The third-order valence-electron chi connectivity index (χ3n) is 7.51. The first kappa shape index (κ1) is 22.2. The van der Waals surface area contributed by atoms with Gasteiger partial charge in [0.15, 0.2) is 0 Å². The molecule has 0 atom stereocenters. The van der Waals surface area contributed by atoms with Gasteiger partial charge in [-0.15, -0.1) is 11.3 Å². The van der Waals surface area contributed by atoms with Gasteiger partial charge < -0.3 is 0 Å². The lowest BCUT2D eigenvalue weighted by atomic mass is 9.82. The highest BCUT2D eigenvalue weighted by atomic mass is 32.2. The summed E-state index contributed by atoms with van der Waals surface area (Å²) in [4.78, 5) is 6.62. The highest BCUT2D eigenvalue weighted by Gasteiger charge is 2.37. The van der Waals surface area contributed by atoms with Crippen molar-refractivity contribution in [2.45, 2.75) is 38.8 Å². The van der Waals surface area contributed by atoms with Gasteiger partial charge >= 0.3 is 0 Å². The van der Waals surface area contributed by atoms with Crippen LogP contribution >= 0.6 is 34.9 Å². The fourth-order valence-electron chi connectivity index (χ4n) is 5.63. The van der Waals surface area contributed by atoms with Crippen LogP contribution in [-0.2, 0) is 5.41 Å². The van der Waals surface area contributed by atoms with Crippen LogP contribution in [0.4, 0.5) is 0 Å². The molecule has 0 fully saturated rings. The quantitative estimate of drug-likeness (QED) is 0.229. The molecule has 2 heterocycles. The summed E-state index contributed by atoms with van der Waals surface area (Å²) < 4.78 is 1.28. The van der Waals surface area contributed by atoms with Gasteiger partial charge in [0.05, 0.1) is 0 Å². The van der Waals surface area contributed by atoms with Crippen molar-refractivity contribution in [2.24, 2.45) is 0 Å². The van der Waals surface area contributed by atoms with Crippen LogP contribution in [0.5, 0.6) is 0 Å². The lowest BCUT2D eigenvalue weighted by Crippen LogP contribution is -2.15. The summed E-state index contributed by atoms with van der Waals surface area (Å²) in [5.41, 5.74) is 9.23. The van der Waals surface area contributed by atoms with E-state index in [-0.39, 0.29) is 5.41 Å². The summed E-state index contributed by atoms with van der Waals surface area (Å²) in [7, 11) is 0. The summed E-state index contributed by atoms with van der Waals surface area (Å²) in [5.74, 6) is 0. The first-order valence-corrected chi connectivity index (χ1v) is 14.5. The van der Waals surface area contributed by atoms with Crippen LogP contribution in [0.2, 0.25) is 0 Å². The molecule has 2 aliphatic rings. The molecule has 174 valence electrons. The van der Waals surface area contributed by atoms with Crippen LogP contribution in [0.1, 0.15) is 35.4 Å². The predicted molar refractivity (Wildman–Crippen MR) is 160 cm³/mol. The van der Waals surface area contributed by atoms with E-state index in [4.69, 9.17) is 0 Å². The molecule has 0 spiro atoms. The number of hydrogen-bond donors (Lipinski definition) is 0. The maximum Gasteiger partial charge on any atom is 0.0355 e. The second kappa shape index (κ2) is 8.01. The Hall–Kier alpha value is -2.98. The molecule has 7 rings (SSSR count). The average Bonchev–Trinajstić information content (AvgIpc) is 3.37. The van der Waals surface area contributed by atoms with Gasteiger partial charge in [0.1, 0.15) is 0 Å². The number of thiophene rings is 1. The van der Waals surface area contributed by atoms with E-state index in [2.05, 4.69) is 99.8 Å². The van der Waals surface area contributed by atoms with Gasteiger partial charge in [-0.1, -0.05) is 93.0 Å². The van der Waals surface area contributed by atoms with Gasteiger partial charge in [0.2, 0.25) is 0 Å². The zero-order valence-corrected chi connectivity index (χ0v) is 22.7. The molecule has 5 aromatic rings. The molecule has 36 heavy (non-hydrogen) atoms. The molecule has 0 saturated heterocycles. The Morgan fingerprint density at radius 2 is 1.33 bits per heavy atom. The van der Waals surface area contributed by atoms with Crippen LogP contribution in [0, 0.1) is 0 Å². The van der Waals surface area contributed by atoms with Gasteiger partial charge in [-0.3, -0.25) is 0 Å². The fourth-order valence-corrected chi connectivity index (χ4v) is 8.94. The van der Waals surface area contributed by atoms with Crippen LogP contribution < -0.4 is 0 Å². The summed E-state index contributed by atoms with van der Waals surface area (Å²) in [6.45, 7) is 12.8. The SMILES string of the molecule is C=Cc1sc2ccc(-c3ccc4c(c3)-c3cc5c(cc3C4(C)C)Sc3ccccc3S5)cc2c1C=C. The molecule has 1 aromatic heterocycles. The largest absolute Gasteiger partial charge is 0.135 e. The third-order valence-corrected chi connectivity index (χ3v) is 11.2. The van der Waals surface area contributed by atoms with E-state index < -0.39 is 0 Å². The van der Waals surface area contributed by atoms with Gasteiger partial charge in [-0.2, -0.15) is 0 Å². The van der Waals surface area contributed by atoms with Crippen molar-refractivity contribution in [3.05, 3.63) is 108 Å². The van der Waals surface area contributed by atoms with Crippen molar-refractivity contribution in [3.63, 3.8) is 0 Å². The number of fused-ring (bicyclic) bond motifs is 6. The molecule has 0 saturated carbocycles. The number of rotatable bonds is 3. The Kier molecular flexibility index (Phi) is 4.95. The molecule has 0 unspecified atom stereocenters. The highest BCUT2D eigenvalue weighted by Crippen LogP contribution is 2.56. The van der Waals surface area contributed by atoms with Crippen LogP contribution in [0.3, 0.4) is 0 Å². The molecule has 3 heteroatoms. The van der Waals surface area contributed by atoms with E-state index in [1.54, 1.807) is 11.3 Å². The predicted octanol–water partition coefficient (Wildman–Crippen LogP) is 10.8. The summed E-state index contributed by atoms with van der Waals surface area (Å²) in [5, 5.41) is 1.25. The van der Waals surface area contributed by atoms with Gasteiger partial charge in [-0.05, 0) is 81.4 Å². The minimum atomic E-state index is -0.0212. The maximum absolute atomic E-state index is 4.06. The molecule has 0 radical (unpaired) electrons. The molecular weight excluding hydrogens is 493 g/mol. The van der Waals surface area contributed by atoms with E-state index in [1.165, 1.54) is 73.5 Å². The van der Waals surface area contributed by atoms with E-state index in [0.717, 1.165) is 0 Å². The second-order valence-electron chi connectivity index (χ2n) is 9.88. The molecule has 1 aliphatic heterocycles. The first-order chi connectivity index (χ1) is 17.5. The van der Waals surface area contributed by atoms with Crippen LogP contribution in [-0.4, -0.2) is 0 Å². The zero-order valence-electron chi connectivity index (χ0n) is 20.2. The van der Waals surface area contributed by atoms with Crippen molar-refractivity contribution in [2.75, 3.05) is 0 Å². The second-order valence-corrected chi connectivity index (χ2v) is 13.1. The molecule has 1 aliphatic carbocycles. The van der Waals surface area contributed by atoms with Crippen molar-refractivity contribution in [1.82, 2.24) is 0 Å². The summed E-state index contributed by atoms with van der Waals surface area (Å²) in [6, 6.07) is 27.5. The Balaban J connectivity index is 1.37. The minimum absolute atomic E-state index is 0.0212. The molecule has 0 N–H and O–H groups in total. The summed E-state index contributed by atoms with van der Waals surface area (Å²) >= 11 is 5.58. The zero-order chi connectivity index (χ0) is 24.6.